The highest BCUT2D eigenvalue weighted by atomic mass is 32.2. The zero-order valence-electron chi connectivity index (χ0n) is 19.6. The lowest BCUT2D eigenvalue weighted by atomic mass is 10.0. The van der Waals surface area contributed by atoms with Gasteiger partial charge in [-0.15, -0.1) is 11.8 Å². The lowest BCUT2D eigenvalue weighted by Gasteiger charge is -2.34. The molecule has 0 saturated carbocycles. The number of piperidine rings is 1. The molecule has 0 bridgehead atoms. The number of aliphatic imine (C=N–C) groups is 1. The maximum absolute atomic E-state index is 9.80. The van der Waals surface area contributed by atoms with E-state index in [2.05, 4.69) is 64.7 Å². The number of hydrogen-bond donors (Lipinski definition) is 5. The average Bonchev–Trinajstić information content (AvgIpc) is 3.29. The Morgan fingerprint density at radius 2 is 1.85 bits per heavy atom. The Labute approximate surface area is 204 Å². The van der Waals surface area contributed by atoms with Crippen molar-refractivity contribution in [2.45, 2.75) is 48.7 Å². The van der Waals surface area contributed by atoms with Crippen molar-refractivity contribution in [3.8, 4) is 0 Å². The number of benzene rings is 2. The van der Waals surface area contributed by atoms with Crippen molar-refractivity contribution in [1.29, 1.82) is 0 Å². The minimum atomic E-state index is -1.10. The first-order valence-electron chi connectivity index (χ1n) is 11.8. The quantitative estimate of drug-likeness (QED) is 0.347. The predicted octanol–water partition coefficient (Wildman–Crippen LogP) is 4.53. The Kier molecular flexibility index (Phi) is 6.29. The molecule has 1 saturated heterocycles. The van der Waals surface area contributed by atoms with Gasteiger partial charge >= 0.3 is 0 Å². The van der Waals surface area contributed by atoms with Gasteiger partial charge in [-0.3, -0.25) is 5.73 Å². The molecule has 0 aliphatic carbocycles. The molecule has 3 aromatic rings. The third kappa shape index (κ3) is 4.66. The maximum Gasteiger partial charge on any atom is 0.211 e. The van der Waals surface area contributed by atoms with Crippen LogP contribution in [0.3, 0.4) is 0 Å². The van der Waals surface area contributed by atoms with E-state index in [1.807, 2.05) is 42.2 Å². The molecular formula is C26H32N6OS. The number of aromatic nitrogens is 1. The number of rotatable bonds is 5. The monoisotopic (exact) mass is 476 g/mol. The second-order valence-corrected chi connectivity index (χ2v) is 10.8. The number of para-hydroxylation sites is 1. The van der Waals surface area contributed by atoms with Crippen molar-refractivity contribution in [1.82, 2.24) is 4.98 Å². The van der Waals surface area contributed by atoms with Crippen LogP contribution in [0.15, 0.2) is 70.7 Å². The van der Waals surface area contributed by atoms with Crippen LogP contribution in [-0.2, 0) is 5.79 Å². The number of nitrogens with one attached hydrogen (secondary N) is 3. The summed E-state index contributed by atoms with van der Waals surface area (Å²) < 4.78 is 0. The minimum absolute atomic E-state index is 0.186. The number of aliphatic hydroxyl groups excluding tert-OH is 1. The molecule has 2 aromatic carbocycles. The van der Waals surface area contributed by atoms with Gasteiger partial charge in [-0.1, -0.05) is 38.1 Å². The zero-order valence-corrected chi connectivity index (χ0v) is 20.4. The van der Waals surface area contributed by atoms with Gasteiger partial charge in [0.25, 0.3) is 0 Å². The highest BCUT2D eigenvalue weighted by Gasteiger charge is 2.34. The highest BCUT2D eigenvalue weighted by molar-refractivity contribution is 8.00. The van der Waals surface area contributed by atoms with E-state index in [9.17, 15) is 5.11 Å². The molecule has 2 aliphatic heterocycles. The number of aliphatic hydroxyl groups is 1. The molecule has 0 amide bonds. The minimum Gasteiger partial charge on any atom is -0.393 e. The number of anilines is 3. The van der Waals surface area contributed by atoms with Crippen LogP contribution in [-0.4, -0.2) is 40.4 Å². The fraction of sp³-hybridized carbons (Fsp3) is 0.346. The van der Waals surface area contributed by atoms with Gasteiger partial charge in [0.05, 0.1) is 17.5 Å². The van der Waals surface area contributed by atoms with E-state index in [4.69, 9.17) is 10.7 Å². The molecule has 1 atom stereocenters. The first kappa shape index (κ1) is 22.8. The van der Waals surface area contributed by atoms with Gasteiger partial charge in [0, 0.05) is 40.7 Å². The van der Waals surface area contributed by atoms with E-state index in [0.717, 1.165) is 54.3 Å². The third-order valence-electron chi connectivity index (χ3n) is 6.24. The molecule has 1 fully saturated rings. The number of nitrogens with zero attached hydrogens (tertiary/aromatic N) is 2. The molecule has 7 nitrogen and oxygen atoms in total. The van der Waals surface area contributed by atoms with Crippen LogP contribution in [0.5, 0.6) is 0 Å². The molecule has 2 aliphatic rings. The molecule has 5 rings (SSSR count). The normalized spacial score (nSPS) is 20.6. The van der Waals surface area contributed by atoms with E-state index in [-0.39, 0.29) is 6.10 Å². The highest BCUT2D eigenvalue weighted by Crippen LogP contribution is 2.35. The van der Waals surface area contributed by atoms with Gasteiger partial charge in [-0.2, -0.15) is 0 Å². The molecule has 1 unspecified atom stereocenters. The van der Waals surface area contributed by atoms with Crippen LogP contribution in [0, 0.1) is 0 Å². The van der Waals surface area contributed by atoms with Crippen LogP contribution in [0.25, 0.3) is 0 Å². The third-order valence-corrected chi connectivity index (χ3v) is 7.32. The molecule has 6 N–H and O–H groups in total. The summed E-state index contributed by atoms with van der Waals surface area (Å²) in [5.41, 5.74) is 11.7. The predicted molar refractivity (Wildman–Crippen MR) is 142 cm³/mol. The van der Waals surface area contributed by atoms with Gasteiger partial charge in [-0.05, 0) is 43.2 Å². The SMILES string of the molecule is CC(C)Sc1ccccc1NC1=NC(N)(c2ccc(N3CCC(O)CC3)cc2)Nc2cc[nH]c21. The standard InChI is InChI=1S/C26H32N6OS/c1-17(2)34-23-6-4-3-5-21(23)29-25-24-22(11-14-28-24)30-26(27,31-25)18-7-9-19(10-8-18)32-15-12-20(33)13-16-32/h3-11,14,17,20,28,30,33H,12-13,15-16,27H2,1-2H3,(H,29,31). The summed E-state index contributed by atoms with van der Waals surface area (Å²) in [6.07, 6.45) is 3.31. The second-order valence-electron chi connectivity index (χ2n) is 9.17. The molecule has 1 aromatic heterocycles. The van der Waals surface area contributed by atoms with Crippen molar-refractivity contribution in [3.63, 3.8) is 0 Å². The van der Waals surface area contributed by atoms with E-state index in [1.165, 1.54) is 4.90 Å². The Morgan fingerprint density at radius 3 is 2.59 bits per heavy atom. The fourth-order valence-corrected chi connectivity index (χ4v) is 5.38. The molecular weight excluding hydrogens is 444 g/mol. The zero-order chi connectivity index (χ0) is 23.7. The van der Waals surface area contributed by atoms with Crippen molar-refractivity contribution in [2.75, 3.05) is 28.6 Å². The van der Waals surface area contributed by atoms with Crippen LogP contribution >= 0.6 is 11.8 Å². The van der Waals surface area contributed by atoms with Gasteiger partial charge in [0.15, 0.2) is 5.84 Å². The molecule has 34 heavy (non-hydrogen) atoms. The first-order chi connectivity index (χ1) is 16.4. The number of H-pyrrole nitrogens is 1. The number of amidine groups is 1. The number of nitrogens with two attached hydrogens (primary N) is 1. The average molecular weight is 477 g/mol. The first-order valence-corrected chi connectivity index (χ1v) is 12.7. The van der Waals surface area contributed by atoms with E-state index in [0.29, 0.717) is 11.1 Å². The fourth-order valence-electron chi connectivity index (χ4n) is 4.47. The Bertz CT molecular complexity index is 1170. The van der Waals surface area contributed by atoms with Gasteiger partial charge < -0.3 is 25.6 Å². The maximum atomic E-state index is 9.80. The van der Waals surface area contributed by atoms with E-state index in [1.54, 1.807) is 0 Å². The molecule has 3 heterocycles. The van der Waals surface area contributed by atoms with Crippen molar-refractivity contribution in [3.05, 3.63) is 72.1 Å². The smallest absolute Gasteiger partial charge is 0.211 e. The van der Waals surface area contributed by atoms with Gasteiger partial charge in [0.2, 0.25) is 5.79 Å². The summed E-state index contributed by atoms with van der Waals surface area (Å²) in [5, 5.41) is 17.2. The lowest BCUT2D eigenvalue weighted by Crippen LogP contribution is -2.47. The van der Waals surface area contributed by atoms with E-state index >= 15 is 0 Å². The number of aromatic amines is 1. The number of hydrogen-bond acceptors (Lipinski definition) is 7. The number of fused-ring (bicyclic) bond motifs is 1. The van der Waals surface area contributed by atoms with E-state index < -0.39 is 5.79 Å². The Morgan fingerprint density at radius 1 is 1.12 bits per heavy atom. The topological polar surface area (TPSA) is 102 Å². The Balaban J connectivity index is 1.44. The molecule has 178 valence electrons. The van der Waals surface area contributed by atoms with Crippen molar-refractivity contribution in [2.24, 2.45) is 10.7 Å². The second kappa shape index (κ2) is 9.37. The summed E-state index contributed by atoms with van der Waals surface area (Å²) in [6.45, 7) is 6.10. The molecule has 0 radical (unpaired) electrons. The van der Waals surface area contributed by atoms with Crippen molar-refractivity contribution >= 4 is 34.7 Å². The number of thioether (sulfide) groups is 1. The van der Waals surface area contributed by atoms with Gasteiger partial charge in [-0.25, -0.2) is 4.99 Å². The Hall–Kier alpha value is -2.94. The van der Waals surface area contributed by atoms with Crippen LogP contribution in [0.2, 0.25) is 0 Å². The summed E-state index contributed by atoms with van der Waals surface area (Å²) in [7, 11) is 0. The van der Waals surface area contributed by atoms with Crippen LogP contribution in [0.4, 0.5) is 17.1 Å². The molecule has 0 spiro atoms. The lowest BCUT2D eigenvalue weighted by molar-refractivity contribution is 0.145. The summed E-state index contributed by atoms with van der Waals surface area (Å²) in [6, 6.07) is 18.5. The van der Waals surface area contributed by atoms with Crippen LogP contribution < -0.4 is 21.3 Å². The largest absolute Gasteiger partial charge is 0.393 e. The summed E-state index contributed by atoms with van der Waals surface area (Å²) >= 11 is 1.81. The van der Waals surface area contributed by atoms with Crippen LogP contribution in [0.1, 0.15) is 37.9 Å². The van der Waals surface area contributed by atoms with Gasteiger partial charge in [0.1, 0.15) is 5.69 Å². The van der Waals surface area contributed by atoms with Crippen molar-refractivity contribution < 1.29 is 5.11 Å². The molecule has 8 heteroatoms. The summed E-state index contributed by atoms with van der Waals surface area (Å²) in [4.78, 5) is 11.7. The summed E-state index contributed by atoms with van der Waals surface area (Å²) in [5.74, 6) is -0.402.